The molecule has 2 heteroatoms. The summed E-state index contributed by atoms with van der Waals surface area (Å²) >= 11 is 0. The molecule has 5 aromatic carbocycles. The Morgan fingerprint density at radius 3 is 1.69 bits per heavy atom. The second kappa shape index (κ2) is 9.71. The standard InChI is InChI=1S/C37H35N2/c1-26-32(37(3,4)5)22-15-25-33(26)38-27(2)39(35-24-13-12-23-34(35)38)36-30(28-16-8-6-9-17-28)20-14-21-31(36)29-18-10-7-11-19-29/h6-25H,1-5H3/q+1. The molecule has 0 amide bonds. The van der Waals surface area contributed by atoms with Crippen molar-refractivity contribution in [2.45, 2.75) is 40.0 Å². The molecule has 0 aliphatic carbocycles. The van der Waals surface area contributed by atoms with Gasteiger partial charge in [0.25, 0.3) is 5.82 Å². The first-order valence-electron chi connectivity index (χ1n) is 13.7. The minimum atomic E-state index is 0.0628. The van der Waals surface area contributed by atoms with Crippen LogP contribution in [0.3, 0.4) is 0 Å². The molecule has 0 saturated heterocycles. The van der Waals surface area contributed by atoms with E-state index in [0.29, 0.717) is 0 Å². The monoisotopic (exact) mass is 507 g/mol. The van der Waals surface area contributed by atoms with Gasteiger partial charge in [0, 0.05) is 18.1 Å². The molecule has 6 rings (SSSR count). The summed E-state index contributed by atoms with van der Waals surface area (Å²) in [6.45, 7) is 11.4. The van der Waals surface area contributed by atoms with Crippen LogP contribution in [0.15, 0.2) is 121 Å². The number of fused-ring (bicyclic) bond motifs is 1. The van der Waals surface area contributed by atoms with E-state index in [1.54, 1.807) is 0 Å². The average molecular weight is 508 g/mol. The zero-order valence-electron chi connectivity index (χ0n) is 23.4. The molecule has 0 atom stereocenters. The van der Waals surface area contributed by atoms with Crippen LogP contribution in [-0.4, -0.2) is 4.57 Å². The lowest BCUT2D eigenvalue weighted by Crippen LogP contribution is -2.35. The lowest BCUT2D eigenvalue weighted by Gasteiger charge is -2.22. The van der Waals surface area contributed by atoms with Crippen LogP contribution in [0.25, 0.3) is 44.7 Å². The highest BCUT2D eigenvalue weighted by atomic mass is 15.2. The third-order valence-corrected chi connectivity index (χ3v) is 7.79. The van der Waals surface area contributed by atoms with E-state index in [1.165, 1.54) is 61.6 Å². The van der Waals surface area contributed by atoms with E-state index in [0.717, 1.165) is 0 Å². The zero-order valence-corrected chi connectivity index (χ0v) is 23.4. The lowest BCUT2D eigenvalue weighted by atomic mass is 9.83. The van der Waals surface area contributed by atoms with Crippen molar-refractivity contribution < 1.29 is 4.57 Å². The summed E-state index contributed by atoms with van der Waals surface area (Å²) in [5, 5.41) is 0. The molecule has 0 spiro atoms. The summed E-state index contributed by atoms with van der Waals surface area (Å²) in [5.41, 5.74) is 12.4. The van der Waals surface area contributed by atoms with E-state index in [2.05, 4.69) is 165 Å². The highest BCUT2D eigenvalue weighted by Gasteiger charge is 2.30. The summed E-state index contributed by atoms with van der Waals surface area (Å²) in [7, 11) is 0. The van der Waals surface area contributed by atoms with Crippen LogP contribution >= 0.6 is 0 Å². The van der Waals surface area contributed by atoms with Gasteiger partial charge in [0.2, 0.25) is 0 Å². The van der Waals surface area contributed by atoms with Crippen molar-refractivity contribution in [2.75, 3.05) is 0 Å². The average Bonchev–Trinajstić information content (AvgIpc) is 3.24. The largest absolute Gasteiger partial charge is 0.264 e. The van der Waals surface area contributed by atoms with Gasteiger partial charge < -0.3 is 0 Å². The Balaban J connectivity index is 1.74. The van der Waals surface area contributed by atoms with Crippen LogP contribution < -0.4 is 4.57 Å². The van der Waals surface area contributed by atoms with Crippen LogP contribution in [-0.2, 0) is 5.41 Å². The number of nitrogens with zero attached hydrogens (tertiary/aromatic N) is 2. The van der Waals surface area contributed by atoms with Gasteiger partial charge in [0.05, 0.1) is 0 Å². The molecule has 1 aromatic heterocycles. The Morgan fingerprint density at radius 2 is 1.10 bits per heavy atom. The maximum atomic E-state index is 2.46. The third-order valence-electron chi connectivity index (χ3n) is 7.79. The minimum absolute atomic E-state index is 0.0628. The van der Waals surface area contributed by atoms with Crippen molar-refractivity contribution >= 4 is 11.0 Å². The Bertz CT molecular complexity index is 1730. The summed E-state index contributed by atoms with van der Waals surface area (Å²) < 4.78 is 4.90. The molecule has 0 saturated carbocycles. The van der Waals surface area contributed by atoms with Crippen LogP contribution in [0.2, 0.25) is 0 Å². The van der Waals surface area contributed by atoms with Crippen molar-refractivity contribution in [3.63, 3.8) is 0 Å². The van der Waals surface area contributed by atoms with Crippen LogP contribution in [0.5, 0.6) is 0 Å². The van der Waals surface area contributed by atoms with Gasteiger partial charge in [-0.25, -0.2) is 0 Å². The molecule has 2 nitrogen and oxygen atoms in total. The Hall–Kier alpha value is -4.43. The molecular weight excluding hydrogens is 472 g/mol. The van der Waals surface area contributed by atoms with Gasteiger partial charge in [0.15, 0.2) is 11.0 Å². The van der Waals surface area contributed by atoms with E-state index in [1.807, 2.05) is 0 Å². The van der Waals surface area contributed by atoms with Crippen molar-refractivity contribution in [2.24, 2.45) is 0 Å². The minimum Gasteiger partial charge on any atom is -0.192 e. The first-order chi connectivity index (χ1) is 18.9. The van der Waals surface area contributed by atoms with E-state index in [-0.39, 0.29) is 5.41 Å². The molecule has 0 radical (unpaired) electrons. The third kappa shape index (κ3) is 4.27. The number of rotatable bonds is 4. The maximum Gasteiger partial charge on any atom is 0.264 e. The van der Waals surface area contributed by atoms with E-state index >= 15 is 0 Å². The molecule has 0 aliphatic rings. The first-order valence-corrected chi connectivity index (χ1v) is 13.7. The van der Waals surface area contributed by atoms with Crippen molar-refractivity contribution in [3.8, 4) is 33.6 Å². The second-order valence-corrected chi connectivity index (χ2v) is 11.3. The highest BCUT2D eigenvalue weighted by Crippen LogP contribution is 2.36. The van der Waals surface area contributed by atoms with Gasteiger partial charge in [-0.3, -0.25) is 0 Å². The predicted molar refractivity (Wildman–Crippen MR) is 164 cm³/mol. The van der Waals surface area contributed by atoms with E-state index in [4.69, 9.17) is 0 Å². The number of para-hydroxylation sites is 3. The predicted octanol–water partition coefficient (Wildman–Crippen LogP) is 9.16. The van der Waals surface area contributed by atoms with Crippen LogP contribution in [0, 0.1) is 13.8 Å². The molecule has 6 aromatic rings. The van der Waals surface area contributed by atoms with Gasteiger partial charge in [-0.15, -0.1) is 0 Å². The Morgan fingerprint density at radius 1 is 0.564 bits per heavy atom. The number of hydrogen-bond acceptors (Lipinski definition) is 0. The Kier molecular flexibility index (Phi) is 6.19. The smallest absolute Gasteiger partial charge is 0.192 e. The molecule has 1 heterocycles. The number of aromatic nitrogens is 2. The SMILES string of the molecule is Cc1c(-n2c(C)[n+](-c3c(-c4ccccc4)cccc3-c3ccccc3)c3ccccc32)cccc1C(C)(C)C. The fourth-order valence-electron chi connectivity index (χ4n) is 6.04. The Labute approximate surface area is 231 Å². The van der Waals surface area contributed by atoms with E-state index in [9.17, 15) is 0 Å². The van der Waals surface area contributed by atoms with Gasteiger partial charge in [-0.2, -0.15) is 9.13 Å². The summed E-state index contributed by atoms with van der Waals surface area (Å²) in [5.74, 6) is 1.17. The second-order valence-electron chi connectivity index (χ2n) is 11.3. The number of hydrogen-bond donors (Lipinski definition) is 0. The van der Waals surface area contributed by atoms with Gasteiger partial charge in [-0.05, 0) is 52.8 Å². The molecule has 0 bridgehead atoms. The maximum absolute atomic E-state index is 2.46. The van der Waals surface area contributed by atoms with Crippen molar-refractivity contribution in [3.05, 3.63) is 138 Å². The van der Waals surface area contributed by atoms with Crippen molar-refractivity contribution in [1.82, 2.24) is 4.57 Å². The zero-order chi connectivity index (χ0) is 27.1. The molecular formula is C37H35N2+. The quantitative estimate of drug-likeness (QED) is 0.210. The summed E-state index contributed by atoms with van der Waals surface area (Å²) in [4.78, 5) is 0. The van der Waals surface area contributed by atoms with Gasteiger partial charge in [0.1, 0.15) is 11.4 Å². The normalized spacial score (nSPS) is 11.7. The van der Waals surface area contributed by atoms with E-state index < -0.39 is 0 Å². The number of imidazole rings is 1. The van der Waals surface area contributed by atoms with Gasteiger partial charge in [-0.1, -0.05) is 124 Å². The first kappa shape index (κ1) is 24.9. The summed E-state index contributed by atoms with van der Waals surface area (Å²) in [6.07, 6.45) is 0. The molecule has 0 unspecified atom stereocenters. The molecule has 0 fully saturated rings. The fraction of sp³-hybridized carbons (Fsp3) is 0.162. The van der Waals surface area contributed by atoms with Crippen molar-refractivity contribution in [1.29, 1.82) is 0 Å². The molecule has 192 valence electrons. The van der Waals surface area contributed by atoms with Crippen LogP contribution in [0.1, 0.15) is 37.7 Å². The summed E-state index contributed by atoms with van der Waals surface area (Å²) in [6, 6.07) is 43.7. The number of benzene rings is 5. The fourth-order valence-corrected chi connectivity index (χ4v) is 6.04. The van der Waals surface area contributed by atoms with Gasteiger partial charge >= 0.3 is 0 Å². The highest BCUT2D eigenvalue weighted by molar-refractivity contribution is 5.85. The lowest BCUT2D eigenvalue weighted by molar-refractivity contribution is -0.574. The molecule has 39 heavy (non-hydrogen) atoms. The van der Waals surface area contributed by atoms with Crippen LogP contribution in [0.4, 0.5) is 0 Å². The molecule has 0 aliphatic heterocycles. The molecule has 0 N–H and O–H groups in total. The topological polar surface area (TPSA) is 8.81 Å².